The molecule has 1 amide bonds. The number of hydrogen-bond donors (Lipinski definition) is 2. The quantitative estimate of drug-likeness (QED) is 0.861. The lowest BCUT2D eigenvalue weighted by Crippen LogP contribution is -2.45. The Kier molecular flexibility index (Phi) is 9.60. The molecule has 1 aliphatic rings. The van der Waals surface area contributed by atoms with Crippen LogP contribution in [-0.2, 0) is 11.2 Å². The minimum absolute atomic E-state index is 0. The van der Waals surface area contributed by atoms with Crippen LogP contribution in [0.2, 0.25) is 0 Å². The van der Waals surface area contributed by atoms with Crippen LogP contribution in [0.4, 0.5) is 0 Å². The van der Waals surface area contributed by atoms with E-state index >= 15 is 0 Å². The molecule has 126 valence electrons. The van der Waals surface area contributed by atoms with Crippen LogP contribution >= 0.6 is 24.8 Å². The van der Waals surface area contributed by atoms with Gasteiger partial charge in [0.25, 0.3) is 0 Å². The van der Waals surface area contributed by atoms with Crippen LogP contribution in [0.15, 0.2) is 24.4 Å². The first-order chi connectivity index (χ1) is 9.58. The van der Waals surface area contributed by atoms with Crippen molar-refractivity contribution in [3.05, 3.63) is 30.1 Å². The summed E-state index contributed by atoms with van der Waals surface area (Å²) >= 11 is 0. The Bertz CT molecular complexity index is 448. The Morgan fingerprint density at radius 1 is 1.41 bits per heavy atom. The number of hydrogen-bond acceptors (Lipinski definition) is 4. The molecule has 1 fully saturated rings. The number of halogens is 2. The van der Waals surface area contributed by atoms with Gasteiger partial charge in [0.15, 0.2) is 0 Å². The van der Waals surface area contributed by atoms with Crippen LogP contribution in [0.3, 0.4) is 0 Å². The molecule has 1 aromatic heterocycles. The van der Waals surface area contributed by atoms with Gasteiger partial charge in [0.1, 0.15) is 0 Å². The molecule has 3 atom stereocenters. The van der Waals surface area contributed by atoms with Crippen molar-refractivity contribution in [3.63, 3.8) is 0 Å². The van der Waals surface area contributed by atoms with Gasteiger partial charge in [0.2, 0.25) is 5.91 Å². The Hall–Kier alpha value is -0.880. The maximum absolute atomic E-state index is 12.3. The smallest absolute Gasteiger partial charge is 0.225 e. The lowest BCUT2D eigenvalue weighted by Gasteiger charge is -2.32. The molecule has 1 aromatic rings. The summed E-state index contributed by atoms with van der Waals surface area (Å²) < 4.78 is 0. The van der Waals surface area contributed by atoms with E-state index in [1.807, 2.05) is 25.2 Å². The second-order valence-corrected chi connectivity index (χ2v) is 5.57. The van der Waals surface area contributed by atoms with Crippen LogP contribution in [0.5, 0.6) is 0 Å². The zero-order valence-corrected chi connectivity index (χ0v) is 14.4. The van der Waals surface area contributed by atoms with E-state index in [1.165, 1.54) is 0 Å². The molecular weight excluding hydrogens is 325 g/mol. The molecule has 0 aromatic carbocycles. The highest BCUT2D eigenvalue weighted by Crippen LogP contribution is 2.25. The van der Waals surface area contributed by atoms with Crippen molar-refractivity contribution in [2.24, 2.45) is 11.7 Å². The van der Waals surface area contributed by atoms with Crippen LogP contribution in [-0.4, -0.2) is 46.6 Å². The van der Waals surface area contributed by atoms with Crippen molar-refractivity contribution >= 4 is 30.7 Å². The van der Waals surface area contributed by atoms with Gasteiger partial charge in [-0.05, 0) is 31.4 Å². The normalized spacial score (nSPS) is 23.9. The standard InChI is InChI=1S/C15H23N3O2.2ClH/c1-18(9-7-12-4-2-3-8-17-12)15(20)11-5-6-13(16)14(19)10-11;;/h2-4,8,11,13-14,19H,5-7,9-10,16H2,1H3;2*1H/t11-,13+,14+;;/m0../s1. The monoisotopic (exact) mass is 349 g/mol. The first kappa shape index (κ1) is 21.1. The lowest BCUT2D eigenvalue weighted by molar-refractivity contribution is -0.136. The molecule has 1 heterocycles. The SMILES string of the molecule is CN(CCc1ccccn1)C(=O)[C@H]1CC[C@@H](N)[C@H](O)C1.Cl.Cl. The molecule has 22 heavy (non-hydrogen) atoms. The summed E-state index contributed by atoms with van der Waals surface area (Å²) in [6.07, 6.45) is 3.92. The average molecular weight is 350 g/mol. The van der Waals surface area contributed by atoms with Crippen LogP contribution in [0.25, 0.3) is 0 Å². The third kappa shape index (κ3) is 5.72. The van der Waals surface area contributed by atoms with Crippen LogP contribution in [0.1, 0.15) is 25.0 Å². The first-order valence-corrected chi connectivity index (χ1v) is 7.16. The third-order valence-electron chi connectivity index (χ3n) is 4.02. The predicted octanol–water partition coefficient (Wildman–Crippen LogP) is 1.41. The zero-order chi connectivity index (χ0) is 14.5. The number of aromatic nitrogens is 1. The molecular formula is C15H25Cl2N3O2. The molecule has 5 nitrogen and oxygen atoms in total. The van der Waals surface area contributed by atoms with Crippen molar-refractivity contribution in [2.45, 2.75) is 37.8 Å². The maximum Gasteiger partial charge on any atom is 0.225 e. The number of carbonyl (C=O) groups excluding carboxylic acids is 1. The number of aliphatic hydroxyl groups is 1. The number of aliphatic hydroxyl groups excluding tert-OH is 1. The first-order valence-electron chi connectivity index (χ1n) is 7.16. The molecule has 1 aliphatic carbocycles. The van der Waals surface area contributed by atoms with Gasteiger partial charge in [-0.1, -0.05) is 6.07 Å². The Balaban J connectivity index is 0.00000220. The molecule has 0 bridgehead atoms. The maximum atomic E-state index is 12.3. The fourth-order valence-corrected chi connectivity index (χ4v) is 2.64. The molecule has 7 heteroatoms. The average Bonchev–Trinajstić information content (AvgIpc) is 2.48. The van der Waals surface area contributed by atoms with E-state index in [0.717, 1.165) is 18.5 Å². The fraction of sp³-hybridized carbons (Fsp3) is 0.600. The number of amides is 1. The number of nitrogens with two attached hydrogens (primary N) is 1. The number of carbonyl (C=O) groups is 1. The van der Waals surface area contributed by atoms with Crippen molar-refractivity contribution in [2.75, 3.05) is 13.6 Å². The molecule has 0 aliphatic heterocycles. The van der Waals surface area contributed by atoms with Crippen molar-refractivity contribution in [1.29, 1.82) is 0 Å². The van der Waals surface area contributed by atoms with Crippen LogP contribution < -0.4 is 5.73 Å². The Labute approximate surface area is 144 Å². The molecule has 3 N–H and O–H groups in total. The Morgan fingerprint density at radius 3 is 2.73 bits per heavy atom. The van der Waals surface area contributed by atoms with Gasteiger partial charge in [-0.25, -0.2) is 0 Å². The van der Waals surface area contributed by atoms with E-state index in [4.69, 9.17) is 5.73 Å². The van der Waals surface area contributed by atoms with Gasteiger partial charge in [-0.2, -0.15) is 0 Å². The van der Waals surface area contributed by atoms with Gasteiger partial charge < -0.3 is 15.7 Å². The van der Waals surface area contributed by atoms with Gasteiger partial charge in [-0.3, -0.25) is 9.78 Å². The summed E-state index contributed by atoms with van der Waals surface area (Å²) in [4.78, 5) is 18.3. The second-order valence-electron chi connectivity index (χ2n) is 5.57. The van der Waals surface area contributed by atoms with E-state index < -0.39 is 6.10 Å². The van der Waals surface area contributed by atoms with Crippen molar-refractivity contribution < 1.29 is 9.90 Å². The minimum atomic E-state index is -0.554. The van der Waals surface area contributed by atoms with Gasteiger partial charge in [0, 0.05) is 43.9 Å². The topological polar surface area (TPSA) is 79.5 Å². The summed E-state index contributed by atoms with van der Waals surface area (Å²) in [7, 11) is 1.81. The van der Waals surface area contributed by atoms with E-state index in [0.29, 0.717) is 19.4 Å². The highest BCUT2D eigenvalue weighted by molar-refractivity contribution is 5.85. The Morgan fingerprint density at radius 2 is 2.14 bits per heavy atom. The van der Waals surface area contributed by atoms with Gasteiger partial charge >= 0.3 is 0 Å². The molecule has 1 saturated carbocycles. The van der Waals surface area contributed by atoms with E-state index in [-0.39, 0.29) is 42.7 Å². The molecule has 0 unspecified atom stereocenters. The summed E-state index contributed by atoms with van der Waals surface area (Å²) in [5.74, 6) is 0.00501. The molecule has 2 rings (SSSR count). The number of nitrogens with zero attached hydrogens (tertiary/aromatic N) is 2. The lowest BCUT2D eigenvalue weighted by atomic mass is 9.83. The number of pyridine rings is 1. The summed E-state index contributed by atoms with van der Waals surface area (Å²) in [6.45, 7) is 0.647. The summed E-state index contributed by atoms with van der Waals surface area (Å²) in [6, 6.07) is 5.60. The van der Waals surface area contributed by atoms with Crippen molar-refractivity contribution in [3.8, 4) is 0 Å². The number of rotatable bonds is 4. The van der Waals surface area contributed by atoms with E-state index in [9.17, 15) is 9.90 Å². The van der Waals surface area contributed by atoms with Gasteiger partial charge in [-0.15, -0.1) is 24.8 Å². The van der Waals surface area contributed by atoms with E-state index in [1.54, 1.807) is 11.1 Å². The van der Waals surface area contributed by atoms with Gasteiger partial charge in [0.05, 0.1) is 6.10 Å². The van der Waals surface area contributed by atoms with Crippen LogP contribution in [0, 0.1) is 5.92 Å². The molecule has 0 saturated heterocycles. The minimum Gasteiger partial charge on any atom is -0.391 e. The predicted molar refractivity (Wildman–Crippen MR) is 91.4 cm³/mol. The van der Waals surface area contributed by atoms with Crippen molar-refractivity contribution in [1.82, 2.24) is 9.88 Å². The molecule has 0 radical (unpaired) electrons. The van der Waals surface area contributed by atoms with E-state index in [2.05, 4.69) is 4.98 Å². The molecule has 0 spiro atoms. The highest BCUT2D eigenvalue weighted by Gasteiger charge is 2.32. The highest BCUT2D eigenvalue weighted by atomic mass is 35.5. The fourth-order valence-electron chi connectivity index (χ4n) is 2.64. The second kappa shape index (κ2) is 10.0. The summed E-state index contributed by atoms with van der Waals surface area (Å²) in [5, 5.41) is 9.78. The number of likely N-dealkylation sites (N-methyl/N-ethyl adjacent to an activating group) is 1. The summed E-state index contributed by atoms with van der Waals surface area (Å²) in [5.41, 5.74) is 6.75. The zero-order valence-electron chi connectivity index (χ0n) is 12.7. The largest absolute Gasteiger partial charge is 0.391 e. The third-order valence-corrected chi connectivity index (χ3v) is 4.02.